The molecule has 0 unspecified atom stereocenters. The Labute approximate surface area is 160 Å². The molecule has 1 fully saturated rings. The fourth-order valence-electron chi connectivity index (χ4n) is 3.34. The van der Waals surface area contributed by atoms with Gasteiger partial charge in [-0.15, -0.1) is 0 Å². The quantitative estimate of drug-likeness (QED) is 0.779. The Morgan fingerprint density at radius 2 is 1.77 bits per heavy atom. The van der Waals surface area contributed by atoms with Crippen molar-refractivity contribution >= 4 is 21.6 Å². The van der Waals surface area contributed by atoms with E-state index in [1.165, 1.54) is 0 Å². The molecule has 0 amide bonds. The summed E-state index contributed by atoms with van der Waals surface area (Å²) in [6.07, 6.45) is 0. The number of rotatable bonds is 5. The van der Waals surface area contributed by atoms with Gasteiger partial charge in [-0.05, 0) is 44.5 Å². The van der Waals surface area contributed by atoms with Crippen molar-refractivity contribution in [2.45, 2.75) is 32.2 Å². The lowest BCUT2D eigenvalue weighted by Gasteiger charge is -2.34. The van der Waals surface area contributed by atoms with Crippen LogP contribution in [-0.2, 0) is 16.6 Å². The molecule has 0 radical (unpaired) electrons. The van der Waals surface area contributed by atoms with Gasteiger partial charge in [0.1, 0.15) is 0 Å². The van der Waals surface area contributed by atoms with E-state index in [0.717, 1.165) is 37.6 Å². The molecular formula is C18H25ClN4O2S. The van der Waals surface area contributed by atoms with Crippen molar-refractivity contribution in [3.63, 3.8) is 0 Å². The minimum absolute atomic E-state index is 0.307. The molecule has 0 spiro atoms. The van der Waals surface area contributed by atoms with E-state index >= 15 is 0 Å². The highest BCUT2D eigenvalue weighted by molar-refractivity contribution is 7.89. The summed E-state index contributed by atoms with van der Waals surface area (Å²) < 4.78 is 29.4. The van der Waals surface area contributed by atoms with E-state index in [4.69, 9.17) is 11.6 Å². The van der Waals surface area contributed by atoms with Crippen molar-refractivity contribution in [1.82, 2.24) is 19.0 Å². The van der Waals surface area contributed by atoms with Gasteiger partial charge in [0.25, 0.3) is 0 Å². The number of benzene rings is 1. The summed E-state index contributed by atoms with van der Waals surface area (Å²) >= 11 is 6.10. The summed E-state index contributed by atoms with van der Waals surface area (Å²) in [5.41, 5.74) is 2.79. The molecule has 6 nitrogen and oxygen atoms in total. The highest BCUT2D eigenvalue weighted by Crippen LogP contribution is 2.26. The van der Waals surface area contributed by atoms with Crippen LogP contribution in [0.15, 0.2) is 29.2 Å². The van der Waals surface area contributed by atoms with Crippen molar-refractivity contribution < 1.29 is 8.42 Å². The second kappa shape index (κ2) is 7.68. The van der Waals surface area contributed by atoms with Crippen molar-refractivity contribution in [3.8, 4) is 0 Å². The van der Waals surface area contributed by atoms with E-state index in [-0.39, 0.29) is 0 Å². The smallest absolute Gasteiger partial charge is 0.243 e. The van der Waals surface area contributed by atoms with Gasteiger partial charge < -0.3 is 0 Å². The van der Waals surface area contributed by atoms with E-state index in [2.05, 4.69) is 23.0 Å². The van der Waals surface area contributed by atoms with Crippen LogP contribution in [-0.4, -0.2) is 60.1 Å². The minimum atomic E-state index is -3.50. The third-order valence-electron chi connectivity index (χ3n) is 4.90. The lowest BCUT2D eigenvalue weighted by Crippen LogP contribution is -2.49. The van der Waals surface area contributed by atoms with Crippen LogP contribution in [0.1, 0.15) is 17.0 Å². The van der Waals surface area contributed by atoms with Crippen LogP contribution in [0.3, 0.4) is 0 Å². The SMILES string of the molecule is Cc1cc(C)n(CCN2CCN(S(=O)(=O)c3cccc(Cl)c3C)CC2)n1. The van der Waals surface area contributed by atoms with E-state index in [9.17, 15) is 8.42 Å². The molecule has 0 saturated carbocycles. The highest BCUT2D eigenvalue weighted by atomic mass is 35.5. The number of aromatic nitrogens is 2. The minimum Gasteiger partial charge on any atom is -0.299 e. The number of nitrogens with zero attached hydrogens (tertiary/aromatic N) is 4. The molecule has 142 valence electrons. The zero-order valence-corrected chi connectivity index (χ0v) is 17.0. The van der Waals surface area contributed by atoms with Crippen LogP contribution in [0.4, 0.5) is 0 Å². The molecule has 2 aromatic rings. The predicted octanol–water partition coefficient (Wildman–Crippen LogP) is 2.47. The summed E-state index contributed by atoms with van der Waals surface area (Å²) in [4.78, 5) is 2.59. The number of sulfonamides is 1. The van der Waals surface area contributed by atoms with Crippen LogP contribution >= 0.6 is 11.6 Å². The second-order valence-corrected chi connectivity index (χ2v) is 9.07. The van der Waals surface area contributed by atoms with E-state index in [0.29, 0.717) is 28.6 Å². The third kappa shape index (κ3) is 3.96. The average Bonchev–Trinajstić information content (AvgIpc) is 2.93. The molecule has 0 N–H and O–H groups in total. The topological polar surface area (TPSA) is 58.4 Å². The number of aryl methyl sites for hydroxylation is 2. The molecule has 1 aromatic carbocycles. The largest absolute Gasteiger partial charge is 0.299 e. The summed E-state index contributed by atoms with van der Waals surface area (Å²) in [5.74, 6) is 0. The predicted molar refractivity (Wildman–Crippen MR) is 103 cm³/mol. The lowest BCUT2D eigenvalue weighted by molar-refractivity contribution is 0.180. The molecule has 1 saturated heterocycles. The molecule has 3 rings (SSSR count). The Bertz CT molecular complexity index is 887. The van der Waals surface area contributed by atoms with E-state index in [1.54, 1.807) is 29.4 Å². The molecule has 0 atom stereocenters. The molecule has 1 aliphatic rings. The van der Waals surface area contributed by atoms with Crippen LogP contribution in [0.5, 0.6) is 0 Å². The first-order valence-corrected chi connectivity index (χ1v) is 10.6. The molecular weight excluding hydrogens is 372 g/mol. The average molecular weight is 397 g/mol. The van der Waals surface area contributed by atoms with Gasteiger partial charge in [0.15, 0.2) is 0 Å². The molecule has 1 aromatic heterocycles. The number of hydrogen-bond donors (Lipinski definition) is 0. The fraction of sp³-hybridized carbons (Fsp3) is 0.500. The van der Waals surface area contributed by atoms with Crippen LogP contribution in [0, 0.1) is 20.8 Å². The van der Waals surface area contributed by atoms with Gasteiger partial charge in [-0.1, -0.05) is 17.7 Å². The Morgan fingerprint density at radius 3 is 2.38 bits per heavy atom. The standard InChI is InChI=1S/C18H25ClN4O2S/c1-14-13-15(2)23(20-14)12-9-21-7-10-22(11-8-21)26(24,25)18-6-4-5-17(19)16(18)3/h4-6,13H,7-12H2,1-3H3. The number of hydrogen-bond acceptors (Lipinski definition) is 4. The lowest BCUT2D eigenvalue weighted by atomic mass is 10.2. The van der Waals surface area contributed by atoms with Gasteiger partial charge in [-0.3, -0.25) is 9.58 Å². The van der Waals surface area contributed by atoms with Crippen LogP contribution in [0.25, 0.3) is 0 Å². The molecule has 2 heterocycles. The zero-order chi connectivity index (χ0) is 18.9. The summed E-state index contributed by atoms with van der Waals surface area (Å²) in [7, 11) is -3.50. The summed E-state index contributed by atoms with van der Waals surface area (Å²) in [6.45, 7) is 9.90. The first-order valence-electron chi connectivity index (χ1n) is 8.77. The van der Waals surface area contributed by atoms with Crippen molar-refractivity contribution in [1.29, 1.82) is 0 Å². The molecule has 0 aliphatic carbocycles. The molecule has 8 heteroatoms. The number of halogens is 1. The maximum atomic E-state index is 12.9. The van der Waals surface area contributed by atoms with E-state index < -0.39 is 10.0 Å². The van der Waals surface area contributed by atoms with Gasteiger partial charge in [-0.25, -0.2) is 8.42 Å². The first kappa shape index (κ1) is 19.4. The summed E-state index contributed by atoms with van der Waals surface area (Å²) in [5, 5.41) is 4.96. The van der Waals surface area contributed by atoms with Crippen LogP contribution < -0.4 is 0 Å². The van der Waals surface area contributed by atoms with Crippen molar-refractivity contribution in [3.05, 3.63) is 46.2 Å². The summed E-state index contributed by atoms with van der Waals surface area (Å²) in [6, 6.07) is 7.10. The van der Waals surface area contributed by atoms with Gasteiger partial charge in [0.05, 0.1) is 17.1 Å². The van der Waals surface area contributed by atoms with Gasteiger partial charge >= 0.3 is 0 Å². The molecule has 26 heavy (non-hydrogen) atoms. The second-order valence-electron chi connectivity index (χ2n) is 6.76. The zero-order valence-electron chi connectivity index (χ0n) is 15.4. The van der Waals surface area contributed by atoms with Gasteiger partial charge in [0, 0.05) is 43.4 Å². The van der Waals surface area contributed by atoms with Gasteiger partial charge in [0.2, 0.25) is 10.0 Å². The Hall–Kier alpha value is -1.41. The Kier molecular flexibility index (Phi) is 5.72. The maximum absolute atomic E-state index is 12.9. The number of piperazine rings is 1. The third-order valence-corrected chi connectivity index (χ3v) is 7.35. The van der Waals surface area contributed by atoms with Crippen molar-refractivity contribution in [2.75, 3.05) is 32.7 Å². The van der Waals surface area contributed by atoms with Crippen LogP contribution in [0.2, 0.25) is 5.02 Å². The highest BCUT2D eigenvalue weighted by Gasteiger charge is 2.29. The fourth-order valence-corrected chi connectivity index (χ4v) is 5.24. The molecule has 0 bridgehead atoms. The van der Waals surface area contributed by atoms with Gasteiger partial charge in [-0.2, -0.15) is 9.40 Å². The maximum Gasteiger partial charge on any atom is 0.243 e. The normalized spacial score (nSPS) is 16.9. The Morgan fingerprint density at radius 1 is 1.08 bits per heavy atom. The monoisotopic (exact) mass is 396 g/mol. The van der Waals surface area contributed by atoms with E-state index in [1.807, 2.05) is 11.6 Å². The Balaban J connectivity index is 1.61. The first-order chi connectivity index (χ1) is 12.3. The molecule has 1 aliphatic heterocycles. The van der Waals surface area contributed by atoms with Crippen molar-refractivity contribution in [2.24, 2.45) is 0 Å².